The van der Waals surface area contributed by atoms with Crippen molar-refractivity contribution in [2.45, 2.75) is 38.0 Å². The number of rotatable bonds is 7. The van der Waals surface area contributed by atoms with Crippen LogP contribution in [0.3, 0.4) is 0 Å². The Bertz CT molecular complexity index is 876. The largest absolute Gasteiger partial charge is 0.370 e. The van der Waals surface area contributed by atoms with Crippen LogP contribution in [0.15, 0.2) is 47.4 Å². The minimum absolute atomic E-state index is 0.0146. The van der Waals surface area contributed by atoms with Gasteiger partial charge in [-0.2, -0.15) is 0 Å². The zero-order valence-electron chi connectivity index (χ0n) is 17.1. The monoisotopic (exact) mass is 411 g/mol. The molecule has 0 aliphatic carbocycles. The minimum Gasteiger partial charge on any atom is -0.370 e. The number of thioether (sulfide) groups is 1. The quantitative estimate of drug-likeness (QED) is 0.672. The molecule has 1 heterocycles. The van der Waals surface area contributed by atoms with Gasteiger partial charge in [-0.05, 0) is 62.1 Å². The minimum atomic E-state index is -0.215. The zero-order chi connectivity index (χ0) is 20.8. The van der Waals surface area contributed by atoms with Gasteiger partial charge in [-0.1, -0.05) is 18.2 Å². The number of para-hydroxylation sites is 2. The van der Waals surface area contributed by atoms with Gasteiger partial charge in [-0.3, -0.25) is 9.59 Å². The molecule has 0 saturated carbocycles. The Morgan fingerprint density at radius 1 is 1.10 bits per heavy atom. The summed E-state index contributed by atoms with van der Waals surface area (Å²) in [4.78, 5) is 27.3. The van der Waals surface area contributed by atoms with Crippen molar-refractivity contribution in [1.29, 1.82) is 0 Å². The van der Waals surface area contributed by atoms with Crippen molar-refractivity contribution in [3.05, 3.63) is 53.6 Å². The van der Waals surface area contributed by atoms with E-state index in [1.54, 1.807) is 11.8 Å². The Hall–Kier alpha value is -2.47. The number of aryl methyl sites for hydroxylation is 2. The molecule has 6 heteroatoms. The number of amides is 2. The van der Waals surface area contributed by atoms with Gasteiger partial charge in [0.25, 0.3) is 0 Å². The molecule has 0 spiro atoms. The summed E-state index contributed by atoms with van der Waals surface area (Å²) in [6.07, 6.45) is 1.96. The van der Waals surface area contributed by atoms with E-state index in [0.29, 0.717) is 6.42 Å². The number of nitrogens with zero attached hydrogens (tertiary/aromatic N) is 1. The SMILES string of the molecule is Cc1ccc(SCCC(=O)Nc2ccccc2N2CCC(C(N)=O)CC2)cc1C. The van der Waals surface area contributed by atoms with Gasteiger partial charge in [0, 0.05) is 36.1 Å². The lowest BCUT2D eigenvalue weighted by Gasteiger charge is -2.33. The molecule has 5 nitrogen and oxygen atoms in total. The van der Waals surface area contributed by atoms with E-state index in [2.05, 4.69) is 42.3 Å². The highest BCUT2D eigenvalue weighted by atomic mass is 32.2. The number of nitrogens with one attached hydrogen (secondary N) is 1. The lowest BCUT2D eigenvalue weighted by molar-refractivity contribution is -0.122. The normalized spacial score (nSPS) is 14.6. The van der Waals surface area contributed by atoms with E-state index in [-0.39, 0.29) is 17.7 Å². The average molecular weight is 412 g/mol. The molecule has 1 fully saturated rings. The molecule has 0 unspecified atom stereocenters. The maximum absolute atomic E-state index is 12.5. The average Bonchev–Trinajstić information content (AvgIpc) is 2.71. The topological polar surface area (TPSA) is 75.4 Å². The molecular weight excluding hydrogens is 382 g/mol. The summed E-state index contributed by atoms with van der Waals surface area (Å²) in [5.41, 5.74) is 9.82. The fourth-order valence-electron chi connectivity index (χ4n) is 3.54. The number of primary amides is 1. The maximum Gasteiger partial charge on any atom is 0.225 e. The highest BCUT2D eigenvalue weighted by Crippen LogP contribution is 2.30. The molecule has 1 aliphatic heterocycles. The summed E-state index contributed by atoms with van der Waals surface area (Å²) in [5, 5.41) is 3.06. The van der Waals surface area contributed by atoms with Crippen molar-refractivity contribution in [2.24, 2.45) is 11.7 Å². The maximum atomic E-state index is 12.5. The van der Waals surface area contributed by atoms with Crippen LogP contribution in [0.25, 0.3) is 0 Å². The summed E-state index contributed by atoms with van der Waals surface area (Å²) < 4.78 is 0. The fourth-order valence-corrected chi connectivity index (χ4v) is 4.49. The van der Waals surface area contributed by atoms with Crippen LogP contribution >= 0.6 is 11.8 Å². The first kappa shape index (κ1) is 21.2. The lowest BCUT2D eigenvalue weighted by atomic mass is 9.96. The Kier molecular flexibility index (Phi) is 7.20. The third kappa shape index (κ3) is 5.76. The fraction of sp³-hybridized carbons (Fsp3) is 0.391. The molecule has 0 radical (unpaired) electrons. The number of carbonyl (C=O) groups excluding carboxylic acids is 2. The van der Waals surface area contributed by atoms with E-state index in [4.69, 9.17) is 5.73 Å². The molecule has 29 heavy (non-hydrogen) atoms. The third-order valence-electron chi connectivity index (χ3n) is 5.49. The smallest absolute Gasteiger partial charge is 0.225 e. The van der Waals surface area contributed by atoms with Gasteiger partial charge in [0.15, 0.2) is 0 Å². The summed E-state index contributed by atoms with van der Waals surface area (Å²) in [6, 6.07) is 14.3. The van der Waals surface area contributed by atoms with E-state index < -0.39 is 0 Å². The van der Waals surface area contributed by atoms with Crippen molar-refractivity contribution in [1.82, 2.24) is 0 Å². The van der Waals surface area contributed by atoms with Gasteiger partial charge in [0.05, 0.1) is 11.4 Å². The van der Waals surface area contributed by atoms with Crippen LogP contribution in [0.2, 0.25) is 0 Å². The number of nitrogens with two attached hydrogens (primary N) is 1. The molecule has 1 saturated heterocycles. The molecule has 2 aromatic carbocycles. The van der Waals surface area contributed by atoms with Crippen LogP contribution in [0.1, 0.15) is 30.4 Å². The molecule has 0 aromatic heterocycles. The highest BCUT2D eigenvalue weighted by molar-refractivity contribution is 7.99. The summed E-state index contributed by atoms with van der Waals surface area (Å²) in [6.45, 7) is 5.74. The zero-order valence-corrected chi connectivity index (χ0v) is 17.9. The van der Waals surface area contributed by atoms with E-state index in [9.17, 15) is 9.59 Å². The molecule has 1 aliphatic rings. The van der Waals surface area contributed by atoms with Gasteiger partial charge in [0.2, 0.25) is 11.8 Å². The first-order chi connectivity index (χ1) is 13.9. The Balaban J connectivity index is 1.54. The van der Waals surface area contributed by atoms with Crippen LogP contribution in [0.5, 0.6) is 0 Å². The van der Waals surface area contributed by atoms with E-state index >= 15 is 0 Å². The molecule has 0 bridgehead atoms. The third-order valence-corrected chi connectivity index (χ3v) is 6.49. The van der Waals surface area contributed by atoms with Gasteiger partial charge < -0.3 is 16.0 Å². The van der Waals surface area contributed by atoms with Crippen LogP contribution in [-0.4, -0.2) is 30.7 Å². The predicted molar refractivity (Wildman–Crippen MR) is 120 cm³/mol. The summed E-state index contributed by atoms with van der Waals surface area (Å²) in [5.74, 6) is 0.490. The number of carbonyl (C=O) groups is 2. The van der Waals surface area contributed by atoms with E-state index in [0.717, 1.165) is 43.1 Å². The van der Waals surface area contributed by atoms with Crippen LogP contribution < -0.4 is 16.0 Å². The Morgan fingerprint density at radius 3 is 2.52 bits per heavy atom. The molecular formula is C23H29N3O2S. The number of hydrogen-bond acceptors (Lipinski definition) is 4. The van der Waals surface area contributed by atoms with E-state index in [1.165, 1.54) is 16.0 Å². The van der Waals surface area contributed by atoms with Crippen molar-refractivity contribution in [2.75, 3.05) is 29.1 Å². The molecule has 154 valence electrons. The van der Waals surface area contributed by atoms with Crippen LogP contribution in [-0.2, 0) is 9.59 Å². The second-order valence-electron chi connectivity index (χ2n) is 7.57. The summed E-state index contributed by atoms with van der Waals surface area (Å²) in [7, 11) is 0. The van der Waals surface area contributed by atoms with Gasteiger partial charge in [0.1, 0.15) is 0 Å². The van der Waals surface area contributed by atoms with Crippen molar-refractivity contribution >= 4 is 35.0 Å². The highest BCUT2D eigenvalue weighted by Gasteiger charge is 2.24. The second kappa shape index (κ2) is 9.83. The Labute approximate surface area is 177 Å². The van der Waals surface area contributed by atoms with Gasteiger partial charge in [-0.15, -0.1) is 11.8 Å². The predicted octanol–water partition coefficient (Wildman–Crippen LogP) is 4.13. The van der Waals surface area contributed by atoms with Gasteiger partial charge >= 0.3 is 0 Å². The standard InChI is InChI=1S/C23H29N3O2S/c1-16-7-8-19(15-17(16)2)29-14-11-22(27)25-20-5-3-4-6-21(20)26-12-9-18(10-13-26)23(24)28/h3-8,15,18H,9-14H2,1-2H3,(H2,24,28)(H,25,27). The number of benzene rings is 2. The number of anilines is 2. The van der Waals surface area contributed by atoms with Crippen LogP contribution in [0, 0.1) is 19.8 Å². The van der Waals surface area contributed by atoms with Crippen molar-refractivity contribution < 1.29 is 9.59 Å². The summed E-state index contributed by atoms with van der Waals surface area (Å²) >= 11 is 1.70. The molecule has 0 atom stereocenters. The molecule has 2 aromatic rings. The second-order valence-corrected chi connectivity index (χ2v) is 8.74. The molecule has 2 amide bonds. The first-order valence-corrected chi connectivity index (χ1v) is 11.1. The Morgan fingerprint density at radius 2 is 1.83 bits per heavy atom. The molecule has 3 N–H and O–H groups in total. The number of hydrogen-bond donors (Lipinski definition) is 2. The number of piperidine rings is 1. The van der Waals surface area contributed by atoms with Crippen molar-refractivity contribution in [3.63, 3.8) is 0 Å². The van der Waals surface area contributed by atoms with E-state index in [1.807, 2.05) is 24.3 Å². The first-order valence-electron chi connectivity index (χ1n) is 10.1. The van der Waals surface area contributed by atoms with Gasteiger partial charge in [-0.25, -0.2) is 0 Å². The van der Waals surface area contributed by atoms with Crippen molar-refractivity contribution in [3.8, 4) is 0 Å². The van der Waals surface area contributed by atoms with Crippen LogP contribution in [0.4, 0.5) is 11.4 Å². The molecule has 3 rings (SSSR count). The lowest BCUT2D eigenvalue weighted by Crippen LogP contribution is -2.38.